The molecule has 4 aliphatic carbocycles. The summed E-state index contributed by atoms with van der Waals surface area (Å²) >= 11 is 0. The van der Waals surface area contributed by atoms with Crippen molar-refractivity contribution in [2.75, 3.05) is 0 Å². The predicted molar refractivity (Wildman–Crippen MR) is 110 cm³/mol. The second-order valence-corrected chi connectivity index (χ2v) is 11.3. The first kappa shape index (κ1) is 21.6. The van der Waals surface area contributed by atoms with Crippen LogP contribution in [0.5, 0.6) is 0 Å². The highest BCUT2D eigenvalue weighted by atomic mass is 16.6. The van der Waals surface area contributed by atoms with Crippen molar-refractivity contribution in [3.05, 3.63) is 0 Å². The fourth-order valence-electron chi connectivity index (χ4n) is 6.81. The van der Waals surface area contributed by atoms with Crippen molar-refractivity contribution < 1.29 is 19.4 Å². The Bertz CT molecular complexity index is 602. The first-order valence-corrected chi connectivity index (χ1v) is 11.4. The number of hydrogen-bond acceptors (Lipinski definition) is 3. The number of carboxylic acid groups (broad SMARTS) is 1. The van der Waals surface area contributed by atoms with Crippen LogP contribution >= 0.6 is 0 Å². The molecule has 4 aliphatic rings. The third-order valence-corrected chi connectivity index (χ3v) is 8.82. The summed E-state index contributed by atoms with van der Waals surface area (Å²) < 4.78 is 5.52. The lowest BCUT2D eigenvalue weighted by molar-refractivity contribution is -0.163. The van der Waals surface area contributed by atoms with Crippen molar-refractivity contribution >= 4 is 11.9 Å². The van der Waals surface area contributed by atoms with Gasteiger partial charge in [0.15, 0.2) is 0 Å². The first-order valence-electron chi connectivity index (χ1n) is 11.4. The van der Waals surface area contributed by atoms with Crippen LogP contribution in [0.3, 0.4) is 0 Å². The van der Waals surface area contributed by atoms with Crippen LogP contribution < -0.4 is 0 Å². The molecule has 4 heteroatoms. The number of carbonyl (C=O) groups is 2. The third-order valence-electron chi connectivity index (χ3n) is 8.82. The molecule has 0 amide bonds. The molecule has 160 valence electrons. The number of rotatable bonds is 2. The highest BCUT2D eigenvalue weighted by Gasteiger charge is 2.52. The van der Waals surface area contributed by atoms with Crippen LogP contribution in [0.2, 0.25) is 0 Å². The van der Waals surface area contributed by atoms with E-state index in [0.717, 1.165) is 30.6 Å². The van der Waals surface area contributed by atoms with E-state index in [-0.39, 0.29) is 23.4 Å². The summed E-state index contributed by atoms with van der Waals surface area (Å²) in [6, 6.07) is 0. The topological polar surface area (TPSA) is 63.6 Å². The Balaban J connectivity index is 0.000000167. The molecule has 10 atom stereocenters. The van der Waals surface area contributed by atoms with E-state index in [2.05, 4.69) is 27.7 Å². The maximum Gasteiger partial charge on any atom is 0.309 e. The average Bonchev–Trinajstić information content (AvgIpc) is 3.31. The molecule has 0 aromatic rings. The molecule has 0 heterocycles. The van der Waals surface area contributed by atoms with Gasteiger partial charge in [0.2, 0.25) is 0 Å². The summed E-state index contributed by atoms with van der Waals surface area (Å²) in [4.78, 5) is 22.9. The molecule has 10 unspecified atom stereocenters. The SMILES string of the molecule is CC1C2CC(C(=O)O)C(C2)C1C.CC1C2CC(C(=O)OC(C)(C)C)C(C2)C1C. The van der Waals surface area contributed by atoms with Gasteiger partial charge in [0.1, 0.15) is 5.60 Å². The molecule has 4 fully saturated rings. The molecule has 28 heavy (non-hydrogen) atoms. The fraction of sp³-hybridized carbons (Fsp3) is 0.917. The molecule has 1 N–H and O–H groups in total. The summed E-state index contributed by atoms with van der Waals surface area (Å²) in [5, 5.41) is 8.94. The Hall–Kier alpha value is -1.06. The van der Waals surface area contributed by atoms with Crippen LogP contribution in [0.25, 0.3) is 0 Å². The zero-order chi connectivity index (χ0) is 21.0. The second-order valence-electron chi connectivity index (χ2n) is 11.3. The van der Waals surface area contributed by atoms with Gasteiger partial charge < -0.3 is 9.84 Å². The largest absolute Gasteiger partial charge is 0.481 e. The van der Waals surface area contributed by atoms with E-state index in [0.29, 0.717) is 29.6 Å². The number of ether oxygens (including phenoxy) is 1. The van der Waals surface area contributed by atoms with E-state index in [1.165, 1.54) is 12.8 Å². The van der Waals surface area contributed by atoms with Gasteiger partial charge in [-0.2, -0.15) is 0 Å². The monoisotopic (exact) mass is 392 g/mol. The van der Waals surface area contributed by atoms with Crippen LogP contribution in [0.1, 0.15) is 74.1 Å². The van der Waals surface area contributed by atoms with Crippen molar-refractivity contribution in [3.63, 3.8) is 0 Å². The molecule has 4 nitrogen and oxygen atoms in total. The van der Waals surface area contributed by atoms with E-state index in [9.17, 15) is 9.59 Å². The maximum absolute atomic E-state index is 12.1. The van der Waals surface area contributed by atoms with Crippen molar-refractivity contribution in [1.82, 2.24) is 0 Å². The van der Waals surface area contributed by atoms with Crippen molar-refractivity contribution in [1.29, 1.82) is 0 Å². The van der Waals surface area contributed by atoms with Crippen LogP contribution in [-0.2, 0) is 14.3 Å². The van der Waals surface area contributed by atoms with Gasteiger partial charge in [0.25, 0.3) is 0 Å². The molecular formula is C24H40O4. The maximum atomic E-state index is 12.1. The van der Waals surface area contributed by atoms with E-state index in [1.54, 1.807) is 0 Å². The van der Waals surface area contributed by atoms with E-state index in [4.69, 9.17) is 9.84 Å². The molecule has 0 aromatic carbocycles. The molecule has 0 aliphatic heterocycles. The van der Waals surface area contributed by atoms with Crippen molar-refractivity contribution in [3.8, 4) is 0 Å². The van der Waals surface area contributed by atoms with Gasteiger partial charge in [-0.1, -0.05) is 27.7 Å². The van der Waals surface area contributed by atoms with Crippen LogP contribution in [0, 0.1) is 59.2 Å². The first-order chi connectivity index (χ1) is 12.9. The van der Waals surface area contributed by atoms with Gasteiger partial charge in [0.05, 0.1) is 11.8 Å². The molecule has 0 spiro atoms. The van der Waals surface area contributed by atoms with Crippen LogP contribution in [-0.4, -0.2) is 22.6 Å². The Morgan fingerprint density at radius 3 is 1.54 bits per heavy atom. The summed E-state index contributed by atoms with van der Waals surface area (Å²) in [5.74, 6) is 5.01. The molecule has 4 rings (SSSR count). The minimum absolute atomic E-state index is 0.0267. The number of fused-ring (bicyclic) bond motifs is 4. The standard InChI is InChI=1S/C14H24O2.C10H16O2/c1-8-9(2)11-6-10(8)7-12(11)13(15)16-14(3,4)5;1-5-6(2)8-3-7(5)4-9(8)10(11)12/h8-12H,6-7H2,1-5H3;5-9H,3-4H2,1-2H3,(H,11,12). The highest BCUT2D eigenvalue weighted by Crippen LogP contribution is 2.56. The van der Waals surface area contributed by atoms with Gasteiger partial charge in [0, 0.05) is 0 Å². The number of hydrogen-bond donors (Lipinski definition) is 1. The summed E-state index contributed by atoms with van der Waals surface area (Å²) in [7, 11) is 0. The predicted octanol–water partition coefficient (Wildman–Crippen LogP) is 5.26. The summed E-state index contributed by atoms with van der Waals surface area (Å²) in [6.07, 6.45) is 4.40. The normalized spacial score (nSPS) is 46.2. The smallest absolute Gasteiger partial charge is 0.309 e. The van der Waals surface area contributed by atoms with Crippen molar-refractivity contribution in [2.24, 2.45) is 59.2 Å². The lowest BCUT2D eigenvalue weighted by atomic mass is 9.76. The number of carbonyl (C=O) groups excluding carboxylic acids is 1. The van der Waals surface area contributed by atoms with E-state index in [1.807, 2.05) is 20.8 Å². The quantitative estimate of drug-likeness (QED) is 0.652. The van der Waals surface area contributed by atoms with Gasteiger partial charge >= 0.3 is 11.9 Å². The van der Waals surface area contributed by atoms with Gasteiger partial charge in [-0.25, -0.2) is 0 Å². The minimum atomic E-state index is -0.568. The number of aliphatic carboxylic acids is 1. The molecule has 0 aromatic heterocycles. The van der Waals surface area contributed by atoms with Gasteiger partial charge in [-0.05, 0) is 93.8 Å². The zero-order valence-corrected chi connectivity index (χ0v) is 18.8. The fourth-order valence-corrected chi connectivity index (χ4v) is 6.81. The van der Waals surface area contributed by atoms with E-state index < -0.39 is 5.97 Å². The Morgan fingerprint density at radius 2 is 1.18 bits per heavy atom. The van der Waals surface area contributed by atoms with Gasteiger partial charge in [-0.15, -0.1) is 0 Å². The number of carboxylic acids is 1. The molecule has 0 radical (unpaired) electrons. The van der Waals surface area contributed by atoms with Crippen molar-refractivity contribution in [2.45, 2.75) is 79.8 Å². The summed E-state index contributed by atoms with van der Waals surface area (Å²) in [5.41, 5.74) is -0.340. The lowest BCUT2D eigenvalue weighted by Gasteiger charge is -2.32. The van der Waals surface area contributed by atoms with Crippen LogP contribution in [0.15, 0.2) is 0 Å². The van der Waals surface area contributed by atoms with Gasteiger partial charge in [-0.3, -0.25) is 9.59 Å². The van der Waals surface area contributed by atoms with E-state index >= 15 is 0 Å². The zero-order valence-electron chi connectivity index (χ0n) is 18.8. The third kappa shape index (κ3) is 3.98. The number of esters is 1. The van der Waals surface area contributed by atoms with Crippen LogP contribution in [0.4, 0.5) is 0 Å². The highest BCUT2D eigenvalue weighted by molar-refractivity contribution is 5.74. The minimum Gasteiger partial charge on any atom is -0.481 e. The lowest BCUT2D eigenvalue weighted by Crippen LogP contribution is -2.35. The Morgan fingerprint density at radius 1 is 0.750 bits per heavy atom. The molecule has 4 saturated carbocycles. The Kier molecular flexibility index (Phi) is 5.91. The molecule has 0 saturated heterocycles. The summed E-state index contributed by atoms with van der Waals surface area (Å²) in [6.45, 7) is 15.0. The molecular weight excluding hydrogens is 352 g/mol. The second kappa shape index (κ2) is 7.65. The molecule has 4 bridgehead atoms. The average molecular weight is 393 g/mol. The Labute approximate surface area is 170 Å².